The van der Waals surface area contributed by atoms with Crippen molar-refractivity contribution in [2.75, 3.05) is 25.4 Å². The summed E-state index contributed by atoms with van der Waals surface area (Å²) in [5.74, 6) is 1.75. The average molecular weight is 448 g/mol. The second kappa shape index (κ2) is 9.50. The van der Waals surface area contributed by atoms with Crippen LogP contribution in [0.2, 0.25) is 0 Å². The Hall–Kier alpha value is -1.67. The number of thioether (sulfide) groups is 1. The molecule has 3 rings (SSSR count). The van der Waals surface area contributed by atoms with E-state index in [1.54, 1.807) is 11.8 Å². The zero-order valence-corrected chi connectivity index (χ0v) is 17.9. The van der Waals surface area contributed by atoms with Crippen LogP contribution in [-0.2, 0) is 0 Å². The van der Waals surface area contributed by atoms with Crippen LogP contribution in [-0.4, -0.2) is 45.3 Å². The van der Waals surface area contributed by atoms with Crippen molar-refractivity contribution in [2.24, 2.45) is 0 Å². The van der Waals surface area contributed by atoms with Crippen LogP contribution < -0.4 is 5.32 Å². The van der Waals surface area contributed by atoms with Gasteiger partial charge in [0.05, 0.1) is 31.1 Å². The summed E-state index contributed by atoms with van der Waals surface area (Å²) in [7, 11) is 0. The number of quaternary nitrogens is 1. The topological polar surface area (TPSA) is 67.5 Å². The van der Waals surface area contributed by atoms with Gasteiger partial charge in [0.15, 0.2) is 11.0 Å². The number of aliphatic hydroxyl groups excluding tert-OH is 1. The second-order valence-electron chi connectivity index (χ2n) is 6.43. The van der Waals surface area contributed by atoms with Crippen molar-refractivity contribution in [1.82, 2.24) is 14.8 Å². The molecule has 0 aliphatic heterocycles. The Morgan fingerprint density at radius 1 is 1.04 bits per heavy atom. The third-order valence-electron chi connectivity index (χ3n) is 4.09. The molecule has 7 heteroatoms. The standard InChI is InChI=1S/C20H23BrN4OS/c1-14-11-15(2)13-18(12-14)25-19(16-3-5-17(21)6-4-16)23-24-20(25)27-10-8-22-7-9-26/h3-6,11-13,22,26H,7-10H2,1-2H3/p+1. The lowest BCUT2D eigenvalue weighted by molar-refractivity contribution is -0.651. The molecule has 27 heavy (non-hydrogen) atoms. The van der Waals surface area contributed by atoms with E-state index in [4.69, 9.17) is 5.11 Å². The van der Waals surface area contributed by atoms with E-state index in [2.05, 4.69) is 80.2 Å². The van der Waals surface area contributed by atoms with Crippen LogP contribution >= 0.6 is 27.7 Å². The van der Waals surface area contributed by atoms with Crippen LogP contribution in [0.15, 0.2) is 52.1 Å². The van der Waals surface area contributed by atoms with Gasteiger partial charge in [-0.3, -0.25) is 4.57 Å². The van der Waals surface area contributed by atoms with Crippen molar-refractivity contribution in [3.63, 3.8) is 0 Å². The number of hydrogen-bond acceptors (Lipinski definition) is 4. The minimum Gasteiger partial charge on any atom is -0.391 e. The minimum absolute atomic E-state index is 0.205. The van der Waals surface area contributed by atoms with Crippen LogP contribution in [0.1, 0.15) is 11.1 Å². The van der Waals surface area contributed by atoms with Gasteiger partial charge in [0.2, 0.25) is 0 Å². The molecule has 1 aromatic heterocycles. The first-order valence-electron chi connectivity index (χ1n) is 8.94. The highest BCUT2D eigenvalue weighted by molar-refractivity contribution is 9.10. The van der Waals surface area contributed by atoms with Gasteiger partial charge in [-0.1, -0.05) is 45.9 Å². The van der Waals surface area contributed by atoms with E-state index in [9.17, 15) is 0 Å². The Kier molecular flexibility index (Phi) is 7.07. The molecule has 0 saturated carbocycles. The van der Waals surface area contributed by atoms with Crippen molar-refractivity contribution < 1.29 is 10.4 Å². The number of aromatic nitrogens is 3. The van der Waals surface area contributed by atoms with Crippen molar-refractivity contribution in [3.05, 3.63) is 58.1 Å². The van der Waals surface area contributed by atoms with Gasteiger partial charge in [-0.25, -0.2) is 0 Å². The van der Waals surface area contributed by atoms with E-state index in [1.165, 1.54) is 11.1 Å². The molecule has 3 aromatic rings. The van der Waals surface area contributed by atoms with Crippen LogP contribution in [0.4, 0.5) is 0 Å². The molecule has 0 aliphatic rings. The van der Waals surface area contributed by atoms with Crippen LogP contribution in [0.5, 0.6) is 0 Å². The lowest BCUT2D eigenvalue weighted by Crippen LogP contribution is -2.85. The highest BCUT2D eigenvalue weighted by atomic mass is 79.9. The third kappa shape index (κ3) is 5.19. The Morgan fingerprint density at radius 2 is 1.74 bits per heavy atom. The number of aryl methyl sites for hydroxylation is 2. The van der Waals surface area contributed by atoms with E-state index in [1.807, 2.05) is 12.1 Å². The Labute approximate surface area is 172 Å². The van der Waals surface area contributed by atoms with E-state index >= 15 is 0 Å². The van der Waals surface area contributed by atoms with Gasteiger partial charge < -0.3 is 10.4 Å². The highest BCUT2D eigenvalue weighted by Gasteiger charge is 2.17. The fourth-order valence-electron chi connectivity index (χ4n) is 2.93. The molecule has 1 heterocycles. The zero-order valence-electron chi connectivity index (χ0n) is 15.5. The number of aliphatic hydroxyl groups is 1. The number of nitrogens with zero attached hydrogens (tertiary/aromatic N) is 3. The van der Waals surface area contributed by atoms with Crippen molar-refractivity contribution in [1.29, 1.82) is 0 Å². The molecule has 0 bridgehead atoms. The first kappa shape index (κ1) is 20.1. The maximum atomic E-state index is 8.91. The fourth-order valence-corrected chi connectivity index (χ4v) is 4.08. The quantitative estimate of drug-likeness (QED) is 0.411. The molecule has 0 spiro atoms. The van der Waals surface area contributed by atoms with E-state index in [0.717, 1.165) is 45.5 Å². The van der Waals surface area contributed by atoms with Gasteiger partial charge in [-0.05, 0) is 49.2 Å². The van der Waals surface area contributed by atoms with Gasteiger partial charge in [0, 0.05) is 10.0 Å². The molecule has 0 saturated heterocycles. The Morgan fingerprint density at radius 3 is 2.41 bits per heavy atom. The molecule has 0 amide bonds. The summed E-state index contributed by atoms with van der Waals surface area (Å²) in [5.41, 5.74) is 4.54. The Balaban J connectivity index is 1.97. The summed E-state index contributed by atoms with van der Waals surface area (Å²) in [6.07, 6.45) is 0. The van der Waals surface area contributed by atoms with Crippen molar-refractivity contribution >= 4 is 27.7 Å². The predicted molar refractivity (Wildman–Crippen MR) is 113 cm³/mol. The molecule has 3 N–H and O–H groups in total. The van der Waals surface area contributed by atoms with Crippen LogP contribution in [0, 0.1) is 13.8 Å². The average Bonchev–Trinajstić information content (AvgIpc) is 3.05. The summed E-state index contributed by atoms with van der Waals surface area (Å²) in [4.78, 5) is 0. The molecule has 0 aliphatic carbocycles. The van der Waals surface area contributed by atoms with Gasteiger partial charge in [0.1, 0.15) is 0 Å². The lowest BCUT2D eigenvalue weighted by atomic mass is 10.1. The van der Waals surface area contributed by atoms with Crippen LogP contribution in [0.3, 0.4) is 0 Å². The monoisotopic (exact) mass is 447 g/mol. The van der Waals surface area contributed by atoms with Crippen LogP contribution in [0.25, 0.3) is 17.1 Å². The van der Waals surface area contributed by atoms with Gasteiger partial charge in [-0.2, -0.15) is 0 Å². The van der Waals surface area contributed by atoms with Gasteiger partial charge in [-0.15, -0.1) is 10.2 Å². The minimum atomic E-state index is 0.205. The molecule has 5 nitrogen and oxygen atoms in total. The molecular weight excluding hydrogens is 424 g/mol. The number of hydrogen-bond donors (Lipinski definition) is 2. The van der Waals surface area contributed by atoms with Crippen molar-refractivity contribution in [2.45, 2.75) is 19.0 Å². The number of nitrogens with two attached hydrogens (primary N) is 1. The lowest BCUT2D eigenvalue weighted by Gasteiger charge is -2.12. The maximum Gasteiger partial charge on any atom is 0.196 e. The summed E-state index contributed by atoms with van der Waals surface area (Å²) < 4.78 is 3.18. The Bertz CT molecular complexity index is 875. The summed E-state index contributed by atoms with van der Waals surface area (Å²) in [6.45, 7) is 6.08. The first-order valence-corrected chi connectivity index (χ1v) is 10.7. The second-order valence-corrected chi connectivity index (χ2v) is 8.41. The smallest absolute Gasteiger partial charge is 0.196 e. The largest absolute Gasteiger partial charge is 0.391 e. The molecule has 0 radical (unpaired) electrons. The molecule has 142 valence electrons. The maximum absolute atomic E-state index is 8.91. The molecular formula is C20H24BrN4OS+. The molecule has 0 unspecified atom stereocenters. The molecule has 0 atom stereocenters. The third-order valence-corrected chi connectivity index (χ3v) is 5.58. The van der Waals surface area contributed by atoms with E-state index < -0.39 is 0 Å². The summed E-state index contributed by atoms with van der Waals surface area (Å²) in [5, 5.41) is 20.9. The zero-order chi connectivity index (χ0) is 19.2. The van der Waals surface area contributed by atoms with E-state index in [0.29, 0.717) is 0 Å². The van der Waals surface area contributed by atoms with Gasteiger partial charge in [0.25, 0.3) is 0 Å². The number of rotatable bonds is 8. The summed E-state index contributed by atoms with van der Waals surface area (Å²) in [6, 6.07) is 14.7. The molecule has 0 fully saturated rings. The van der Waals surface area contributed by atoms with Crippen molar-refractivity contribution in [3.8, 4) is 17.1 Å². The van der Waals surface area contributed by atoms with E-state index in [-0.39, 0.29) is 6.61 Å². The van der Waals surface area contributed by atoms with Gasteiger partial charge >= 0.3 is 0 Å². The first-order chi connectivity index (χ1) is 13.1. The number of benzene rings is 2. The number of halogens is 1. The SMILES string of the molecule is Cc1cc(C)cc(-n2c(SCC[NH2+]CCO)nnc2-c2ccc(Br)cc2)c1. The predicted octanol–water partition coefficient (Wildman–Crippen LogP) is 2.96. The normalized spacial score (nSPS) is 11.1. The highest BCUT2D eigenvalue weighted by Crippen LogP contribution is 2.29. The molecule has 2 aromatic carbocycles. The fraction of sp³-hybridized carbons (Fsp3) is 0.300. The summed E-state index contributed by atoms with van der Waals surface area (Å²) >= 11 is 5.18.